The fraction of sp³-hybridized carbons (Fsp3) is 0.111. The topological polar surface area (TPSA) is 37.0 Å². The Hall–Kier alpha value is -2.17. The zero-order valence-corrected chi connectivity index (χ0v) is 14.2. The normalized spacial score (nSPS) is 11.9. The van der Waals surface area contributed by atoms with E-state index in [0.29, 0.717) is 16.0 Å². The molecule has 1 aromatic heterocycles. The molecule has 0 radical (unpaired) electrons. The van der Waals surface area contributed by atoms with Crippen molar-refractivity contribution in [1.82, 2.24) is 10.3 Å². The first-order chi connectivity index (χ1) is 11.1. The Morgan fingerprint density at radius 2 is 1.87 bits per heavy atom. The van der Waals surface area contributed by atoms with E-state index in [1.165, 1.54) is 16.3 Å². The summed E-state index contributed by atoms with van der Waals surface area (Å²) in [6.07, 6.45) is 1.58. The molecule has 1 heterocycles. The Morgan fingerprint density at radius 1 is 1.09 bits per heavy atom. The lowest BCUT2D eigenvalue weighted by Gasteiger charge is -2.18. The van der Waals surface area contributed by atoms with Crippen molar-refractivity contribution in [1.29, 1.82) is 0 Å². The summed E-state index contributed by atoms with van der Waals surface area (Å²) in [6.45, 7) is 2.09. The lowest BCUT2D eigenvalue weighted by atomic mass is 10.00. The van der Waals surface area contributed by atoms with Gasteiger partial charge in [-0.3, -0.25) is 0 Å². The van der Waals surface area contributed by atoms with Gasteiger partial charge in [0.05, 0.1) is 11.1 Å². The van der Waals surface area contributed by atoms with Gasteiger partial charge in [-0.2, -0.15) is 0 Å². The average molecular weight is 342 g/mol. The molecule has 0 aliphatic carbocycles. The SMILES string of the molecule is C[C@@H](NC(=S)Nc1ccc(Cl)cn1)c1cccc2ccccc12. The van der Waals surface area contributed by atoms with Crippen LogP contribution in [-0.2, 0) is 0 Å². The van der Waals surface area contributed by atoms with Crippen LogP contribution in [0.1, 0.15) is 18.5 Å². The number of anilines is 1. The van der Waals surface area contributed by atoms with Gasteiger partial charge in [0, 0.05) is 6.20 Å². The third kappa shape index (κ3) is 3.78. The number of halogens is 1. The Morgan fingerprint density at radius 3 is 2.65 bits per heavy atom. The summed E-state index contributed by atoms with van der Waals surface area (Å²) in [5.74, 6) is 0.664. The van der Waals surface area contributed by atoms with Crippen LogP contribution in [0.4, 0.5) is 5.82 Å². The summed E-state index contributed by atoms with van der Waals surface area (Å²) >= 11 is 11.2. The number of rotatable bonds is 3. The first-order valence-corrected chi connectivity index (χ1v) is 8.09. The van der Waals surface area contributed by atoms with Crippen LogP contribution in [-0.4, -0.2) is 10.1 Å². The number of pyridine rings is 1. The van der Waals surface area contributed by atoms with E-state index < -0.39 is 0 Å². The second kappa shape index (κ2) is 6.94. The molecular formula is C18H16ClN3S. The molecule has 0 bridgehead atoms. The molecule has 116 valence electrons. The number of nitrogens with zero attached hydrogens (tertiary/aromatic N) is 1. The molecule has 1 atom stereocenters. The van der Waals surface area contributed by atoms with Gasteiger partial charge in [0.2, 0.25) is 0 Å². The highest BCUT2D eigenvalue weighted by atomic mass is 35.5. The van der Waals surface area contributed by atoms with Crippen molar-refractivity contribution in [2.45, 2.75) is 13.0 Å². The molecule has 0 aliphatic rings. The van der Waals surface area contributed by atoms with Crippen molar-refractivity contribution in [2.75, 3.05) is 5.32 Å². The summed E-state index contributed by atoms with van der Waals surface area (Å²) in [4.78, 5) is 4.18. The van der Waals surface area contributed by atoms with Gasteiger partial charge in [-0.1, -0.05) is 54.1 Å². The number of hydrogen-bond acceptors (Lipinski definition) is 2. The highest BCUT2D eigenvalue weighted by molar-refractivity contribution is 7.80. The Balaban J connectivity index is 1.74. The molecule has 0 saturated carbocycles. The van der Waals surface area contributed by atoms with E-state index in [1.54, 1.807) is 18.3 Å². The highest BCUT2D eigenvalue weighted by Crippen LogP contribution is 2.24. The summed E-state index contributed by atoms with van der Waals surface area (Å²) < 4.78 is 0. The van der Waals surface area contributed by atoms with Crippen molar-refractivity contribution in [3.63, 3.8) is 0 Å². The second-order valence-corrected chi connectivity index (χ2v) is 6.09. The van der Waals surface area contributed by atoms with E-state index in [0.717, 1.165) is 0 Å². The standard InChI is InChI=1S/C18H16ClN3S/c1-12(15-8-4-6-13-5-2-3-7-16(13)15)21-18(23)22-17-10-9-14(19)11-20-17/h2-12H,1H3,(H2,20,21,22,23)/t12-/m1/s1. The highest BCUT2D eigenvalue weighted by Gasteiger charge is 2.10. The van der Waals surface area contributed by atoms with E-state index in [1.807, 2.05) is 12.1 Å². The first kappa shape index (κ1) is 15.7. The number of fused-ring (bicyclic) bond motifs is 1. The molecule has 2 aromatic carbocycles. The van der Waals surface area contributed by atoms with Gasteiger partial charge in [0.1, 0.15) is 5.82 Å². The molecule has 3 aromatic rings. The molecule has 0 unspecified atom stereocenters. The van der Waals surface area contributed by atoms with Crippen LogP contribution in [0.15, 0.2) is 60.8 Å². The number of nitrogens with one attached hydrogen (secondary N) is 2. The number of aromatic nitrogens is 1. The van der Waals surface area contributed by atoms with E-state index >= 15 is 0 Å². The summed E-state index contributed by atoms with van der Waals surface area (Å²) in [7, 11) is 0. The van der Waals surface area contributed by atoms with Crippen molar-refractivity contribution < 1.29 is 0 Å². The maximum atomic E-state index is 5.83. The van der Waals surface area contributed by atoms with Gasteiger partial charge in [0.25, 0.3) is 0 Å². The van der Waals surface area contributed by atoms with Crippen molar-refractivity contribution >= 4 is 45.5 Å². The third-order valence-corrected chi connectivity index (χ3v) is 4.05. The molecule has 2 N–H and O–H groups in total. The fourth-order valence-electron chi connectivity index (χ4n) is 2.50. The molecular weight excluding hydrogens is 326 g/mol. The lowest BCUT2D eigenvalue weighted by Crippen LogP contribution is -2.31. The monoisotopic (exact) mass is 341 g/mol. The zero-order chi connectivity index (χ0) is 16.2. The molecule has 0 fully saturated rings. The first-order valence-electron chi connectivity index (χ1n) is 7.30. The average Bonchev–Trinajstić information content (AvgIpc) is 2.56. The molecule has 5 heteroatoms. The predicted octanol–water partition coefficient (Wildman–Crippen LogP) is 4.94. The van der Waals surface area contributed by atoms with Gasteiger partial charge in [-0.15, -0.1) is 0 Å². The smallest absolute Gasteiger partial charge is 0.172 e. The second-order valence-electron chi connectivity index (χ2n) is 5.25. The number of thiocarbonyl (C=S) groups is 1. The number of benzene rings is 2. The maximum absolute atomic E-state index is 5.83. The Kier molecular flexibility index (Phi) is 4.74. The minimum Gasteiger partial charge on any atom is -0.356 e. The molecule has 3 nitrogen and oxygen atoms in total. The maximum Gasteiger partial charge on any atom is 0.172 e. The quantitative estimate of drug-likeness (QED) is 0.662. The van der Waals surface area contributed by atoms with E-state index in [2.05, 4.69) is 52.9 Å². The molecule has 23 heavy (non-hydrogen) atoms. The van der Waals surface area contributed by atoms with Crippen LogP contribution in [0.3, 0.4) is 0 Å². The molecule has 0 saturated heterocycles. The largest absolute Gasteiger partial charge is 0.356 e. The summed E-state index contributed by atoms with van der Waals surface area (Å²) in [5, 5.41) is 9.93. The minimum atomic E-state index is 0.0772. The molecule has 0 amide bonds. The van der Waals surface area contributed by atoms with Gasteiger partial charge >= 0.3 is 0 Å². The predicted molar refractivity (Wildman–Crippen MR) is 101 cm³/mol. The van der Waals surface area contributed by atoms with E-state index in [9.17, 15) is 0 Å². The summed E-state index contributed by atoms with van der Waals surface area (Å²) in [5.41, 5.74) is 1.20. The number of hydrogen-bond donors (Lipinski definition) is 2. The van der Waals surface area contributed by atoms with E-state index in [-0.39, 0.29) is 6.04 Å². The zero-order valence-electron chi connectivity index (χ0n) is 12.6. The van der Waals surface area contributed by atoms with Gasteiger partial charge in [-0.25, -0.2) is 4.98 Å². The van der Waals surface area contributed by atoms with Crippen LogP contribution in [0, 0.1) is 0 Å². The van der Waals surface area contributed by atoms with Gasteiger partial charge in [0.15, 0.2) is 5.11 Å². The van der Waals surface area contributed by atoms with Crippen LogP contribution in [0.2, 0.25) is 5.02 Å². The van der Waals surface area contributed by atoms with Gasteiger partial charge in [-0.05, 0) is 47.6 Å². The van der Waals surface area contributed by atoms with Crippen molar-refractivity contribution in [3.8, 4) is 0 Å². The Bertz CT molecular complexity index is 828. The van der Waals surface area contributed by atoms with Crippen molar-refractivity contribution in [2.24, 2.45) is 0 Å². The summed E-state index contributed by atoms with van der Waals surface area (Å²) in [6, 6.07) is 18.3. The Labute approximate surface area is 145 Å². The minimum absolute atomic E-state index is 0.0772. The van der Waals surface area contributed by atoms with Crippen molar-refractivity contribution in [3.05, 3.63) is 71.4 Å². The van der Waals surface area contributed by atoms with Crippen LogP contribution in [0.25, 0.3) is 10.8 Å². The fourth-order valence-corrected chi connectivity index (χ4v) is 2.90. The molecule has 0 spiro atoms. The molecule has 3 rings (SSSR count). The lowest BCUT2D eigenvalue weighted by molar-refractivity contribution is 0.728. The van der Waals surface area contributed by atoms with Crippen LogP contribution < -0.4 is 10.6 Å². The van der Waals surface area contributed by atoms with E-state index in [4.69, 9.17) is 23.8 Å². The van der Waals surface area contributed by atoms with Crippen LogP contribution >= 0.6 is 23.8 Å². The van der Waals surface area contributed by atoms with Crippen LogP contribution in [0.5, 0.6) is 0 Å². The molecule has 0 aliphatic heterocycles. The third-order valence-electron chi connectivity index (χ3n) is 3.61. The van der Waals surface area contributed by atoms with Gasteiger partial charge < -0.3 is 10.6 Å².